The Morgan fingerprint density at radius 2 is 1.67 bits per heavy atom. The predicted octanol–water partition coefficient (Wildman–Crippen LogP) is 4.97. The number of rotatable bonds is 10. The molecule has 0 bridgehead atoms. The fourth-order valence-electron chi connectivity index (χ4n) is 3.22. The zero-order valence-electron chi connectivity index (χ0n) is 18.6. The molecule has 7 nitrogen and oxygen atoms in total. The molecule has 3 aromatic carbocycles. The van der Waals surface area contributed by atoms with E-state index in [-0.39, 0.29) is 6.61 Å². The van der Waals surface area contributed by atoms with Gasteiger partial charge in [-0.3, -0.25) is 9.32 Å². The number of carbonyl (C=O) groups excluding carboxylic acids is 1. The average Bonchev–Trinajstić information content (AvgIpc) is 2.79. The number of hydrogen-bond donors (Lipinski definition) is 3. The molecule has 0 heterocycles. The number of aryl methyl sites for hydroxylation is 1. The van der Waals surface area contributed by atoms with Crippen LogP contribution in [0.25, 0.3) is 11.1 Å². The number of amides is 1. The van der Waals surface area contributed by atoms with E-state index in [2.05, 4.69) is 53.2 Å². The lowest BCUT2D eigenvalue weighted by Crippen LogP contribution is -2.23. The second-order valence-electron chi connectivity index (χ2n) is 7.81. The summed E-state index contributed by atoms with van der Waals surface area (Å²) in [6.07, 6.45) is 0.767. The van der Waals surface area contributed by atoms with Crippen molar-refractivity contribution in [2.75, 3.05) is 18.5 Å². The van der Waals surface area contributed by atoms with Gasteiger partial charge in [-0.1, -0.05) is 55.5 Å². The van der Waals surface area contributed by atoms with Crippen molar-refractivity contribution < 1.29 is 28.4 Å². The zero-order valence-corrected chi connectivity index (χ0v) is 19.5. The highest BCUT2D eigenvalue weighted by Gasteiger charge is 2.20. The maximum Gasteiger partial charge on any atom is 0.469 e. The van der Waals surface area contributed by atoms with E-state index in [1.807, 2.05) is 12.1 Å². The van der Waals surface area contributed by atoms with Crippen molar-refractivity contribution in [2.24, 2.45) is 5.92 Å². The number of benzene rings is 3. The first-order valence-corrected chi connectivity index (χ1v) is 12.1. The number of hydrogen-bond acceptors (Lipinski definition) is 4. The molecule has 8 heteroatoms. The number of phosphoric ester groups is 1. The van der Waals surface area contributed by atoms with Gasteiger partial charge < -0.3 is 19.8 Å². The van der Waals surface area contributed by atoms with Crippen molar-refractivity contribution in [2.45, 2.75) is 20.3 Å². The Hall–Kier alpha value is -2.96. The van der Waals surface area contributed by atoms with Gasteiger partial charge in [0.25, 0.3) is 0 Å². The second kappa shape index (κ2) is 11.3. The minimum Gasteiger partial charge on any atom is -0.493 e. The summed E-state index contributed by atoms with van der Waals surface area (Å²) in [6.45, 7) is 3.78. The first-order valence-electron chi connectivity index (χ1n) is 10.6. The van der Waals surface area contributed by atoms with E-state index in [0.29, 0.717) is 18.0 Å². The molecule has 0 saturated carbocycles. The van der Waals surface area contributed by atoms with Gasteiger partial charge in [-0.15, -0.1) is 0 Å². The van der Waals surface area contributed by atoms with Crippen LogP contribution >= 0.6 is 7.82 Å². The maximum atomic E-state index is 12.1. The molecule has 0 fully saturated rings. The van der Waals surface area contributed by atoms with Crippen molar-refractivity contribution in [3.63, 3.8) is 0 Å². The molecule has 1 amide bonds. The van der Waals surface area contributed by atoms with E-state index in [1.165, 1.54) is 29.2 Å². The van der Waals surface area contributed by atoms with Crippen molar-refractivity contribution in [3.8, 4) is 16.9 Å². The van der Waals surface area contributed by atoms with Gasteiger partial charge in [-0.2, -0.15) is 0 Å². The molecule has 0 spiro atoms. The van der Waals surface area contributed by atoms with Crippen LogP contribution in [0.15, 0.2) is 72.8 Å². The molecule has 0 aromatic heterocycles. The zero-order chi connectivity index (χ0) is 23.8. The van der Waals surface area contributed by atoms with Crippen LogP contribution in [-0.4, -0.2) is 28.9 Å². The molecule has 0 aliphatic rings. The molecule has 1 atom stereocenters. The minimum absolute atomic E-state index is 0.372. The average molecular weight is 469 g/mol. The van der Waals surface area contributed by atoms with Crippen molar-refractivity contribution >= 4 is 19.4 Å². The third kappa shape index (κ3) is 7.84. The smallest absolute Gasteiger partial charge is 0.469 e. The SMILES string of the molecule is Cc1ccccc1-c1ccc(CCOc2ccc(NC(=O)[C@H](C)COP(=O)(O)O)cc2)cc1. The van der Waals surface area contributed by atoms with Crippen LogP contribution in [0.2, 0.25) is 0 Å². The number of phosphoric acid groups is 1. The summed E-state index contributed by atoms with van der Waals surface area (Å²) < 4.78 is 20.9. The monoisotopic (exact) mass is 469 g/mol. The van der Waals surface area contributed by atoms with E-state index in [0.717, 1.165) is 6.42 Å². The quantitative estimate of drug-likeness (QED) is 0.362. The van der Waals surface area contributed by atoms with Gasteiger partial charge in [0.2, 0.25) is 5.91 Å². The highest BCUT2D eigenvalue weighted by Crippen LogP contribution is 2.36. The molecule has 0 saturated heterocycles. The summed E-state index contributed by atoms with van der Waals surface area (Å²) in [5.41, 5.74) is 5.41. The standard InChI is InChI=1S/C25H28NO6P/c1-18-5-3-4-6-24(18)21-9-7-20(8-10-21)15-16-31-23-13-11-22(12-14-23)26-25(27)19(2)17-32-33(28,29)30/h3-14,19H,15-17H2,1-2H3,(H,26,27)(H2,28,29,30)/t19-/m1/s1. The Balaban J connectivity index is 1.45. The van der Waals surface area contributed by atoms with Crippen LogP contribution in [0.1, 0.15) is 18.1 Å². The molecule has 0 aliphatic heterocycles. The van der Waals surface area contributed by atoms with Gasteiger partial charge in [0, 0.05) is 12.1 Å². The summed E-state index contributed by atoms with van der Waals surface area (Å²) in [4.78, 5) is 29.6. The van der Waals surface area contributed by atoms with Crippen LogP contribution < -0.4 is 10.1 Å². The van der Waals surface area contributed by atoms with Crippen molar-refractivity contribution in [1.82, 2.24) is 0 Å². The molecule has 3 N–H and O–H groups in total. The van der Waals surface area contributed by atoms with Crippen molar-refractivity contribution in [3.05, 3.63) is 83.9 Å². The minimum atomic E-state index is -4.60. The van der Waals surface area contributed by atoms with Crippen LogP contribution in [0.3, 0.4) is 0 Å². The number of carbonyl (C=O) groups is 1. The number of anilines is 1. The van der Waals surface area contributed by atoms with E-state index in [9.17, 15) is 9.36 Å². The summed E-state index contributed by atoms with van der Waals surface area (Å²) in [7, 11) is -4.60. The largest absolute Gasteiger partial charge is 0.493 e. The molecule has 0 aliphatic carbocycles. The van der Waals surface area contributed by atoms with E-state index >= 15 is 0 Å². The Labute approximate surface area is 193 Å². The third-order valence-electron chi connectivity index (χ3n) is 5.13. The Bertz CT molecular complexity index is 1110. The van der Waals surface area contributed by atoms with Crippen LogP contribution in [-0.2, 0) is 20.3 Å². The lowest BCUT2D eigenvalue weighted by molar-refractivity contribution is -0.120. The maximum absolute atomic E-state index is 12.1. The third-order valence-corrected chi connectivity index (χ3v) is 5.62. The molecule has 0 unspecified atom stereocenters. The van der Waals surface area contributed by atoms with Crippen LogP contribution in [0.4, 0.5) is 5.69 Å². The van der Waals surface area contributed by atoms with E-state index < -0.39 is 19.6 Å². The normalized spacial score (nSPS) is 12.2. The van der Waals surface area contributed by atoms with Crippen molar-refractivity contribution in [1.29, 1.82) is 0 Å². The molecule has 3 aromatic rings. The Kier molecular flexibility index (Phi) is 8.42. The van der Waals surface area contributed by atoms with E-state index in [4.69, 9.17) is 14.5 Å². The summed E-state index contributed by atoms with van der Waals surface area (Å²) in [5.74, 6) is -0.431. The fraction of sp³-hybridized carbons (Fsp3) is 0.240. The van der Waals surface area contributed by atoms with Crippen LogP contribution in [0, 0.1) is 12.8 Å². The predicted molar refractivity (Wildman–Crippen MR) is 128 cm³/mol. The fourth-order valence-corrected chi connectivity index (χ4v) is 3.64. The van der Waals surface area contributed by atoms with Gasteiger partial charge in [0.05, 0.1) is 19.1 Å². The highest BCUT2D eigenvalue weighted by molar-refractivity contribution is 7.46. The summed E-state index contributed by atoms with van der Waals surface area (Å²) in [6, 6.07) is 23.7. The highest BCUT2D eigenvalue weighted by atomic mass is 31.2. The lowest BCUT2D eigenvalue weighted by atomic mass is 9.99. The number of ether oxygens (including phenoxy) is 1. The molecule has 33 heavy (non-hydrogen) atoms. The second-order valence-corrected chi connectivity index (χ2v) is 9.05. The summed E-state index contributed by atoms with van der Waals surface area (Å²) >= 11 is 0. The molecule has 0 radical (unpaired) electrons. The Morgan fingerprint density at radius 3 is 2.30 bits per heavy atom. The van der Waals surface area contributed by atoms with Gasteiger partial charge >= 0.3 is 7.82 Å². The van der Waals surface area contributed by atoms with Gasteiger partial charge in [-0.25, -0.2) is 4.57 Å². The molecular weight excluding hydrogens is 441 g/mol. The first-order chi connectivity index (χ1) is 15.7. The molecular formula is C25H28NO6P. The molecule has 174 valence electrons. The Morgan fingerprint density at radius 1 is 1.00 bits per heavy atom. The number of nitrogens with one attached hydrogen (secondary N) is 1. The first kappa shape index (κ1) is 24.7. The summed E-state index contributed by atoms with van der Waals surface area (Å²) in [5, 5.41) is 2.68. The van der Waals surface area contributed by atoms with Gasteiger partial charge in [-0.05, 0) is 53.4 Å². The molecule has 3 rings (SSSR count). The van der Waals surface area contributed by atoms with E-state index in [1.54, 1.807) is 24.3 Å². The lowest BCUT2D eigenvalue weighted by Gasteiger charge is -2.13. The van der Waals surface area contributed by atoms with Gasteiger partial charge in [0.15, 0.2) is 0 Å². The van der Waals surface area contributed by atoms with Crippen LogP contribution in [0.5, 0.6) is 5.75 Å². The van der Waals surface area contributed by atoms with Gasteiger partial charge in [0.1, 0.15) is 5.75 Å². The topological polar surface area (TPSA) is 105 Å².